The number of hydrogen-bond acceptors (Lipinski definition) is 1. The third-order valence-corrected chi connectivity index (χ3v) is 2.86. The van der Waals surface area contributed by atoms with Crippen molar-refractivity contribution in [3.05, 3.63) is 0 Å². The maximum atomic E-state index is 12.7. The molecule has 0 aromatic rings. The molecule has 1 N–H and O–H groups in total. The first-order valence-corrected chi connectivity index (χ1v) is 3.51. The van der Waals surface area contributed by atoms with Crippen LogP contribution < -0.4 is 0 Å². The molecule has 2 nitrogen and oxygen atoms in total. The average Bonchev–Trinajstić information content (AvgIpc) is 2.16. The molecule has 2 bridgehead atoms. The van der Waals surface area contributed by atoms with Crippen LogP contribution in [0.3, 0.4) is 0 Å². The van der Waals surface area contributed by atoms with Gasteiger partial charge >= 0.3 is 5.97 Å². The zero-order valence-corrected chi connectivity index (χ0v) is 5.51. The van der Waals surface area contributed by atoms with Gasteiger partial charge in [-0.2, -0.15) is 0 Å². The molecule has 0 aliphatic heterocycles. The predicted octanol–water partition coefficient (Wildman–Crippen LogP) is 1.21. The van der Waals surface area contributed by atoms with Crippen molar-refractivity contribution in [3.63, 3.8) is 0 Å². The van der Waals surface area contributed by atoms with Crippen molar-refractivity contribution in [2.24, 2.45) is 11.3 Å². The van der Waals surface area contributed by atoms with Crippen molar-refractivity contribution in [1.82, 2.24) is 0 Å². The predicted molar refractivity (Wildman–Crippen MR) is 32.3 cm³/mol. The van der Waals surface area contributed by atoms with E-state index in [1.807, 2.05) is 0 Å². The molecule has 0 saturated heterocycles. The van der Waals surface area contributed by atoms with Gasteiger partial charge in [0, 0.05) is 0 Å². The first-order chi connectivity index (χ1) is 4.64. The van der Waals surface area contributed by atoms with Crippen LogP contribution in [0, 0.1) is 11.3 Å². The van der Waals surface area contributed by atoms with Gasteiger partial charge in [-0.15, -0.1) is 0 Å². The first kappa shape index (κ1) is 6.13. The van der Waals surface area contributed by atoms with Crippen LogP contribution in [-0.2, 0) is 4.79 Å². The fourth-order valence-corrected chi connectivity index (χ4v) is 2.17. The average molecular weight is 144 g/mol. The van der Waals surface area contributed by atoms with E-state index < -0.39 is 17.6 Å². The molecule has 0 heterocycles. The summed E-state index contributed by atoms with van der Waals surface area (Å²) >= 11 is 0. The number of rotatable bonds is 1. The summed E-state index contributed by atoms with van der Waals surface area (Å²) in [5.74, 6) is -0.736. The Kier molecular flexibility index (Phi) is 0.932. The van der Waals surface area contributed by atoms with Gasteiger partial charge in [0.2, 0.25) is 0 Å². The van der Waals surface area contributed by atoms with Gasteiger partial charge in [-0.05, 0) is 25.2 Å². The zero-order valence-electron chi connectivity index (χ0n) is 5.51. The van der Waals surface area contributed by atoms with E-state index in [1.165, 1.54) is 0 Å². The second-order valence-corrected chi connectivity index (χ2v) is 3.47. The van der Waals surface area contributed by atoms with E-state index in [1.54, 1.807) is 0 Å². The summed E-state index contributed by atoms with van der Waals surface area (Å²) in [4.78, 5) is 10.5. The van der Waals surface area contributed by atoms with E-state index in [4.69, 9.17) is 5.11 Å². The lowest BCUT2D eigenvalue weighted by Crippen LogP contribution is -2.36. The summed E-state index contributed by atoms with van der Waals surface area (Å²) < 4.78 is 12.7. The summed E-state index contributed by atoms with van der Waals surface area (Å²) in [5.41, 5.74) is -0.649. The summed E-state index contributed by atoms with van der Waals surface area (Å²) in [7, 11) is 0. The van der Waals surface area contributed by atoms with Crippen LogP contribution in [0.25, 0.3) is 0 Å². The van der Waals surface area contributed by atoms with Crippen molar-refractivity contribution in [1.29, 1.82) is 0 Å². The van der Waals surface area contributed by atoms with Crippen LogP contribution in [0.2, 0.25) is 0 Å². The van der Waals surface area contributed by atoms with Crippen LogP contribution in [0.15, 0.2) is 0 Å². The SMILES string of the molecule is O=C(O)C12CC(F)C(C1)C2. The number of halogens is 1. The molecule has 3 fully saturated rings. The number of carbonyl (C=O) groups is 1. The molecular weight excluding hydrogens is 135 g/mol. The molecule has 1 atom stereocenters. The van der Waals surface area contributed by atoms with Gasteiger partial charge in [-0.25, -0.2) is 4.39 Å². The van der Waals surface area contributed by atoms with Crippen LogP contribution in [0.1, 0.15) is 19.3 Å². The highest BCUT2D eigenvalue weighted by atomic mass is 19.1. The molecule has 1 unspecified atom stereocenters. The van der Waals surface area contributed by atoms with Gasteiger partial charge in [0.25, 0.3) is 0 Å². The largest absolute Gasteiger partial charge is 0.481 e. The van der Waals surface area contributed by atoms with Crippen LogP contribution >= 0.6 is 0 Å². The monoisotopic (exact) mass is 144 g/mol. The summed E-state index contributed by atoms with van der Waals surface area (Å²) in [6.07, 6.45) is 0.566. The van der Waals surface area contributed by atoms with Crippen LogP contribution in [0.4, 0.5) is 4.39 Å². The first-order valence-electron chi connectivity index (χ1n) is 3.51. The fourth-order valence-electron chi connectivity index (χ4n) is 2.17. The summed E-state index contributed by atoms with van der Waals surface area (Å²) in [5, 5.41) is 8.66. The topological polar surface area (TPSA) is 37.3 Å². The number of hydrogen-bond donors (Lipinski definition) is 1. The standard InChI is InChI=1S/C7H9FO2/c8-5-3-7(6(9)10)1-4(5)2-7/h4-5H,1-3H2,(H,9,10). The van der Waals surface area contributed by atoms with Crippen LogP contribution in [0.5, 0.6) is 0 Å². The molecule has 3 heteroatoms. The number of aliphatic carboxylic acids is 1. The number of carboxylic acids is 1. The van der Waals surface area contributed by atoms with E-state index >= 15 is 0 Å². The van der Waals surface area contributed by atoms with Gasteiger partial charge < -0.3 is 5.11 Å². The fraction of sp³-hybridized carbons (Fsp3) is 0.857. The molecule has 3 aliphatic rings. The zero-order chi connectivity index (χ0) is 7.35. The molecule has 10 heavy (non-hydrogen) atoms. The number of carboxylic acid groups (broad SMARTS) is 1. The summed E-state index contributed by atoms with van der Waals surface area (Å²) in [6.45, 7) is 0. The molecule has 0 amide bonds. The Hall–Kier alpha value is -0.600. The third kappa shape index (κ3) is 0.509. The second-order valence-electron chi connectivity index (χ2n) is 3.47. The highest BCUT2D eigenvalue weighted by Gasteiger charge is 2.61. The molecule has 0 aromatic heterocycles. The maximum absolute atomic E-state index is 12.7. The van der Waals surface area contributed by atoms with E-state index in [2.05, 4.69) is 0 Å². The Morgan fingerprint density at radius 2 is 2.10 bits per heavy atom. The van der Waals surface area contributed by atoms with Gasteiger partial charge in [-0.1, -0.05) is 0 Å². The molecular formula is C7H9FO2. The molecule has 3 saturated carbocycles. The summed E-state index contributed by atoms with van der Waals surface area (Å²) in [6, 6.07) is 0. The van der Waals surface area contributed by atoms with Gasteiger partial charge in [0.1, 0.15) is 6.17 Å². The van der Waals surface area contributed by atoms with E-state index in [-0.39, 0.29) is 12.3 Å². The Balaban J connectivity index is 2.18. The van der Waals surface area contributed by atoms with Crippen molar-refractivity contribution in [2.45, 2.75) is 25.4 Å². The third-order valence-electron chi connectivity index (χ3n) is 2.86. The Morgan fingerprint density at radius 1 is 1.50 bits per heavy atom. The highest BCUT2D eigenvalue weighted by Crippen LogP contribution is 2.59. The molecule has 0 spiro atoms. The number of alkyl halides is 1. The van der Waals surface area contributed by atoms with Crippen molar-refractivity contribution in [3.8, 4) is 0 Å². The lowest BCUT2D eigenvalue weighted by molar-refractivity contribution is -0.153. The van der Waals surface area contributed by atoms with Gasteiger partial charge in [-0.3, -0.25) is 4.79 Å². The van der Waals surface area contributed by atoms with Gasteiger partial charge in [0.15, 0.2) is 0 Å². The maximum Gasteiger partial charge on any atom is 0.309 e. The molecule has 0 radical (unpaired) electrons. The lowest BCUT2D eigenvalue weighted by atomic mass is 9.70. The smallest absolute Gasteiger partial charge is 0.309 e. The van der Waals surface area contributed by atoms with E-state index in [9.17, 15) is 9.18 Å². The Bertz CT molecular complexity index is 184. The normalized spacial score (nSPS) is 50.5. The Labute approximate surface area is 58.0 Å². The highest BCUT2D eigenvalue weighted by molar-refractivity contribution is 5.77. The van der Waals surface area contributed by atoms with Crippen LogP contribution in [-0.4, -0.2) is 17.2 Å². The van der Waals surface area contributed by atoms with E-state index in [0.717, 1.165) is 0 Å². The quantitative estimate of drug-likeness (QED) is 0.600. The van der Waals surface area contributed by atoms with Crippen molar-refractivity contribution < 1.29 is 14.3 Å². The molecule has 3 aliphatic carbocycles. The Morgan fingerprint density at radius 3 is 2.30 bits per heavy atom. The van der Waals surface area contributed by atoms with Crippen molar-refractivity contribution >= 4 is 5.97 Å². The number of fused-ring (bicyclic) bond motifs is 1. The molecule has 3 rings (SSSR count). The second kappa shape index (κ2) is 1.52. The van der Waals surface area contributed by atoms with E-state index in [0.29, 0.717) is 12.8 Å². The van der Waals surface area contributed by atoms with Crippen molar-refractivity contribution in [2.75, 3.05) is 0 Å². The molecule has 56 valence electrons. The minimum Gasteiger partial charge on any atom is -0.481 e. The minimum absolute atomic E-state index is 0.0658. The lowest BCUT2D eigenvalue weighted by Gasteiger charge is -2.33. The van der Waals surface area contributed by atoms with Gasteiger partial charge in [0.05, 0.1) is 5.41 Å². The molecule has 0 aromatic carbocycles. The minimum atomic E-state index is -0.837.